The molecule has 1 N–H and O–H groups in total. The molecule has 7 heteroatoms. The number of benzene rings is 1. The third-order valence-electron chi connectivity index (χ3n) is 4.67. The summed E-state index contributed by atoms with van der Waals surface area (Å²) >= 11 is 1.40. The van der Waals surface area contributed by atoms with Crippen molar-refractivity contribution < 1.29 is 14.3 Å². The van der Waals surface area contributed by atoms with E-state index in [4.69, 9.17) is 9.47 Å². The molecule has 2 aromatic rings. The quantitative estimate of drug-likeness (QED) is 0.901. The summed E-state index contributed by atoms with van der Waals surface area (Å²) in [6.45, 7) is 0.767. The lowest BCUT2D eigenvalue weighted by molar-refractivity contribution is -0.118. The van der Waals surface area contributed by atoms with Crippen LogP contribution < -0.4 is 10.1 Å². The Morgan fingerprint density at radius 3 is 2.92 bits per heavy atom. The molecule has 2 heterocycles. The number of carbonyl (C=O) groups excluding carboxylic acids is 1. The number of nitrogens with one attached hydrogen (secondary N) is 1. The first-order valence-electron chi connectivity index (χ1n) is 8.13. The number of carbonyl (C=O) groups is 1. The number of hydrogen-bond acceptors (Lipinski definition) is 6. The van der Waals surface area contributed by atoms with Crippen LogP contribution in [0.5, 0.6) is 5.75 Å². The fourth-order valence-corrected chi connectivity index (χ4v) is 4.01. The largest absolute Gasteiger partial charge is 0.496 e. The van der Waals surface area contributed by atoms with E-state index in [2.05, 4.69) is 15.5 Å². The lowest BCUT2D eigenvalue weighted by atomic mass is 9.94. The Morgan fingerprint density at radius 1 is 1.38 bits per heavy atom. The van der Waals surface area contributed by atoms with Gasteiger partial charge in [-0.1, -0.05) is 29.5 Å². The summed E-state index contributed by atoms with van der Waals surface area (Å²) in [6.07, 6.45) is 3.67. The second-order valence-corrected chi connectivity index (χ2v) is 7.19. The van der Waals surface area contributed by atoms with Crippen molar-refractivity contribution >= 4 is 22.4 Å². The van der Waals surface area contributed by atoms with Gasteiger partial charge in [0, 0.05) is 12.2 Å². The first kappa shape index (κ1) is 15.5. The summed E-state index contributed by atoms with van der Waals surface area (Å²) in [5.41, 5.74) is 0.427. The smallest absolute Gasteiger partial charge is 0.236 e. The van der Waals surface area contributed by atoms with Gasteiger partial charge in [-0.25, -0.2) is 0 Å². The molecule has 0 spiro atoms. The number of anilines is 1. The maximum absolute atomic E-state index is 12.8. The number of hydrogen-bond donors (Lipinski definition) is 1. The zero-order valence-corrected chi connectivity index (χ0v) is 14.3. The van der Waals surface area contributed by atoms with Crippen LogP contribution in [0.3, 0.4) is 0 Å². The van der Waals surface area contributed by atoms with Crippen molar-refractivity contribution in [2.24, 2.45) is 0 Å². The van der Waals surface area contributed by atoms with Gasteiger partial charge in [-0.2, -0.15) is 0 Å². The van der Waals surface area contributed by atoms with Gasteiger partial charge < -0.3 is 9.47 Å². The average molecular weight is 345 g/mol. The molecule has 1 aliphatic heterocycles. The van der Waals surface area contributed by atoms with Gasteiger partial charge in [0.1, 0.15) is 16.9 Å². The lowest BCUT2D eigenvalue weighted by Crippen LogP contribution is -2.28. The first-order valence-corrected chi connectivity index (χ1v) is 8.94. The molecule has 1 saturated heterocycles. The summed E-state index contributed by atoms with van der Waals surface area (Å²) < 4.78 is 11.0. The van der Waals surface area contributed by atoms with E-state index in [1.54, 1.807) is 7.11 Å². The minimum Gasteiger partial charge on any atom is -0.496 e. The van der Waals surface area contributed by atoms with Gasteiger partial charge in [-0.15, -0.1) is 10.2 Å². The zero-order chi connectivity index (χ0) is 16.6. The summed E-state index contributed by atoms with van der Waals surface area (Å²) in [6, 6.07) is 7.70. The molecule has 0 bridgehead atoms. The van der Waals surface area contributed by atoms with Crippen LogP contribution >= 0.6 is 11.3 Å². The van der Waals surface area contributed by atoms with Crippen LogP contribution in [-0.4, -0.2) is 29.8 Å². The molecule has 1 atom stereocenters. The van der Waals surface area contributed by atoms with Crippen LogP contribution in [0.15, 0.2) is 24.3 Å². The Hall–Kier alpha value is -1.99. The Morgan fingerprint density at radius 2 is 2.21 bits per heavy atom. The highest BCUT2D eigenvalue weighted by molar-refractivity contribution is 7.15. The number of methoxy groups -OCH3 is 1. The fraction of sp³-hybridized carbons (Fsp3) is 0.471. The molecule has 4 rings (SSSR count). The Balaban J connectivity index is 1.52. The van der Waals surface area contributed by atoms with Crippen LogP contribution in [0.2, 0.25) is 0 Å². The average Bonchev–Trinajstić information content (AvgIpc) is 3.01. The van der Waals surface area contributed by atoms with Gasteiger partial charge in [-0.3, -0.25) is 10.1 Å². The van der Waals surface area contributed by atoms with Gasteiger partial charge in [0.2, 0.25) is 11.0 Å². The summed E-state index contributed by atoms with van der Waals surface area (Å²) in [7, 11) is 1.63. The fourth-order valence-electron chi connectivity index (χ4n) is 3.19. The Bertz CT molecular complexity index is 751. The van der Waals surface area contributed by atoms with Crippen LogP contribution in [0.1, 0.15) is 42.4 Å². The van der Waals surface area contributed by atoms with Gasteiger partial charge in [0.25, 0.3) is 0 Å². The van der Waals surface area contributed by atoms with E-state index >= 15 is 0 Å². The predicted molar refractivity (Wildman–Crippen MR) is 90.4 cm³/mol. The lowest BCUT2D eigenvalue weighted by Gasteiger charge is -2.17. The molecule has 6 nitrogen and oxygen atoms in total. The van der Waals surface area contributed by atoms with E-state index in [0.29, 0.717) is 5.13 Å². The minimum absolute atomic E-state index is 0.0252. The highest BCUT2D eigenvalue weighted by Gasteiger charge is 2.53. The van der Waals surface area contributed by atoms with E-state index in [1.165, 1.54) is 11.3 Å². The highest BCUT2D eigenvalue weighted by Crippen LogP contribution is 2.52. The molecule has 126 valence electrons. The second-order valence-electron chi connectivity index (χ2n) is 6.18. The van der Waals surface area contributed by atoms with Crippen molar-refractivity contribution in [1.29, 1.82) is 0 Å². The molecule has 2 aliphatic rings. The van der Waals surface area contributed by atoms with Crippen LogP contribution in [0.4, 0.5) is 5.13 Å². The summed E-state index contributed by atoms with van der Waals surface area (Å²) in [4.78, 5) is 12.8. The number of ether oxygens (including phenoxy) is 2. The van der Waals surface area contributed by atoms with Crippen molar-refractivity contribution in [3.05, 3.63) is 34.8 Å². The van der Waals surface area contributed by atoms with Gasteiger partial charge in [-0.05, 0) is 31.7 Å². The first-order chi connectivity index (χ1) is 11.7. The molecule has 2 fully saturated rings. The van der Waals surface area contributed by atoms with Crippen molar-refractivity contribution in [2.75, 3.05) is 19.0 Å². The number of para-hydroxylation sites is 1. The van der Waals surface area contributed by atoms with Crippen molar-refractivity contribution in [2.45, 2.75) is 37.2 Å². The number of aromatic nitrogens is 2. The normalized spacial score (nSPS) is 21.5. The molecular formula is C17H19N3O3S. The molecule has 1 amide bonds. The van der Waals surface area contributed by atoms with Crippen molar-refractivity contribution in [3.63, 3.8) is 0 Å². The molecule has 24 heavy (non-hydrogen) atoms. The highest BCUT2D eigenvalue weighted by atomic mass is 32.1. The minimum atomic E-state index is -0.512. The molecule has 1 unspecified atom stereocenters. The Labute approximate surface area is 144 Å². The molecule has 0 radical (unpaired) electrons. The predicted octanol–water partition coefficient (Wildman–Crippen LogP) is 3.07. The van der Waals surface area contributed by atoms with E-state index in [0.717, 1.165) is 48.6 Å². The topological polar surface area (TPSA) is 73.3 Å². The molecule has 1 aliphatic carbocycles. The maximum Gasteiger partial charge on any atom is 0.236 e. The maximum atomic E-state index is 12.8. The molecule has 1 aromatic carbocycles. The summed E-state index contributed by atoms with van der Waals surface area (Å²) in [5, 5.41) is 12.6. The van der Waals surface area contributed by atoms with Crippen molar-refractivity contribution in [3.8, 4) is 5.75 Å². The summed E-state index contributed by atoms with van der Waals surface area (Å²) in [5.74, 6) is 0.712. The number of rotatable bonds is 5. The van der Waals surface area contributed by atoms with Crippen molar-refractivity contribution in [1.82, 2.24) is 10.2 Å². The van der Waals surface area contributed by atoms with E-state index in [-0.39, 0.29) is 12.0 Å². The third-order valence-corrected chi connectivity index (χ3v) is 5.60. The third kappa shape index (κ3) is 2.67. The SMILES string of the molecule is COc1ccccc1C1(C(=O)Nc2nnc(C3CCCO3)s2)CC1. The van der Waals surface area contributed by atoms with E-state index in [9.17, 15) is 4.79 Å². The zero-order valence-electron chi connectivity index (χ0n) is 13.4. The van der Waals surface area contributed by atoms with Gasteiger partial charge in [0.05, 0.1) is 12.5 Å². The monoisotopic (exact) mass is 345 g/mol. The van der Waals surface area contributed by atoms with Crippen LogP contribution in [-0.2, 0) is 14.9 Å². The van der Waals surface area contributed by atoms with E-state index < -0.39 is 5.41 Å². The number of nitrogens with zero attached hydrogens (tertiary/aromatic N) is 2. The molecule has 1 saturated carbocycles. The standard InChI is InChI=1S/C17H19N3O3S/c1-22-12-6-3-2-5-11(12)17(8-9-17)15(21)18-16-20-19-14(24-16)13-7-4-10-23-13/h2-3,5-6,13H,4,7-10H2,1H3,(H,18,20,21). The van der Waals surface area contributed by atoms with Crippen LogP contribution in [0, 0.1) is 0 Å². The van der Waals surface area contributed by atoms with E-state index in [1.807, 2.05) is 24.3 Å². The molecular weight excluding hydrogens is 326 g/mol. The Kier molecular flexibility index (Phi) is 3.97. The van der Waals surface area contributed by atoms with Gasteiger partial charge >= 0.3 is 0 Å². The second kappa shape index (κ2) is 6.14. The van der Waals surface area contributed by atoms with Crippen LogP contribution in [0.25, 0.3) is 0 Å². The number of amides is 1. The van der Waals surface area contributed by atoms with Gasteiger partial charge in [0.15, 0.2) is 0 Å². The molecule has 1 aromatic heterocycles.